The Labute approximate surface area is 112 Å². The highest BCUT2D eigenvalue weighted by molar-refractivity contribution is 4.59. The van der Waals surface area contributed by atoms with Gasteiger partial charge in [0, 0.05) is 0 Å². The molecule has 0 saturated heterocycles. The van der Waals surface area contributed by atoms with Gasteiger partial charge in [0.2, 0.25) is 0 Å². The van der Waals surface area contributed by atoms with Crippen LogP contribution in [0.2, 0.25) is 0 Å². The van der Waals surface area contributed by atoms with Crippen molar-refractivity contribution in [1.29, 1.82) is 0 Å². The summed E-state index contributed by atoms with van der Waals surface area (Å²) in [5, 5.41) is 0. The molecule has 1 saturated carbocycles. The first-order valence-corrected chi connectivity index (χ1v) is 8.20. The van der Waals surface area contributed by atoms with E-state index < -0.39 is 0 Å². The van der Waals surface area contributed by atoms with E-state index in [1.807, 2.05) is 13.8 Å². The number of hydrogen-bond acceptors (Lipinski definition) is 0. The Bertz CT molecular complexity index is 111. The first-order valence-electron chi connectivity index (χ1n) is 8.20. The van der Waals surface area contributed by atoms with Crippen LogP contribution in [0.3, 0.4) is 0 Å². The van der Waals surface area contributed by atoms with Gasteiger partial charge in [-0.1, -0.05) is 99.3 Å². The third-order valence-electron chi connectivity index (χ3n) is 3.64. The Balaban J connectivity index is 0. The highest BCUT2D eigenvalue weighted by Gasteiger charge is 2.05. The van der Waals surface area contributed by atoms with E-state index in [9.17, 15) is 0 Å². The molecule has 0 aromatic rings. The Morgan fingerprint density at radius 1 is 1.00 bits per heavy atom. The van der Waals surface area contributed by atoms with Crippen molar-refractivity contribution in [2.75, 3.05) is 0 Å². The molecule has 1 aliphatic carbocycles. The molecule has 1 rings (SSSR count). The van der Waals surface area contributed by atoms with Crippen LogP contribution in [0.25, 0.3) is 0 Å². The molecule has 0 radical (unpaired) electrons. The lowest BCUT2D eigenvalue weighted by Crippen LogP contribution is -1.99. The molecule has 17 heavy (non-hydrogen) atoms. The van der Waals surface area contributed by atoms with E-state index in [-0.39, 0.29) is 0 Å². The normalized spacial score (nSPS) is 17.3. The van der Waals surface area contributed by atoms with Crippen molar-refractivity contribution in [3.8, 4) is 0 Å². The number of unbranched alkanes of at least 4 members (excludes halogenated alkanes) is 1. The fourth-order valence-electron chi connectivity index (χ4n) is 2.06. The van der Waals surface area contributed by atoms with Gasteiger partial charge in [0.1, 0.15) is 0 Å². The van der Waals surface area contributed by atoms with Crippen LogP contribution in [0.1, 0.15) is 99.3 Å². The lowest BCUT2D eigenvalue weighted by Gasteiger charge is -2.15. The Morgan fingerprint density at radius 2 is 1.53 bits per heavy atom. The van der Waals surface area contributed by atoms with Crippen LogP contribution < -0.4 is 0 Å². The summed E-state index contributed by atoms with van der Waals surface area (Å²) in [4.78, 5) is 0. The minimum absolute atomic E-state index is 0.954. The third-order valence-corrected chi connectivity index (χ3v) is 3.64. The summed E-state index contributed by atoms with van der Waals surface area (Å²) in [5.41, 5.74) is 0. The van der Waals surface area contributed by atoms with Gasteiger partial charge in [-0.25, -0.2) is 0 Å². The maximum Gasteiger partial charge on any atom is -0.0443 e. The van der Waals surface area contributed by atoms with Crippen molar-refractivity contribution in [2.45, 2.75) is 99.3 Å². The van der Waals surface area contributed by atoms with E-state index in [0.29, 0.717) is 0 Å². The summed E-state index contributed by atoms with van der Waals surface area (Å²) in [5.74, 6) is 1.99. The van der Waals surface area contributed by atoms with E-state index in [4.69, 9.17) is 0 Å². The van der Waals surface area contributed by atoms with Crippen molar-refractivity contribution in [3.05, 3.63) is 0 Å². The molecule has 0 heteroatoms. The zero-order valence-corrected chi connectivity index (χ0v) is 13.5. The van der Waals surface area contributed by atoms with Crippen LogP contribution in [-0.2, 0) is 0 Å². The molecule has 1 atom stereocenters. The predicted octanol–water partition coefficient (Wildman–Crippen LogP) is 6.84. The first-order chi connectivity index (χ1) is 8.20. The third kappa shape index (κ3) is 16.0. The van der Waals surface area contributed by atoms with Crippen molar-refractivity contribution >= 4 is 0 Å². The molecule has 0 N–H and O–H groups in total. The first kappa shape index (κ1) is 19.3. The smallest absolute Gasteiger partial charge is 0.0443 e. The zero-order valence-electron chi connectivity index (χ0n) is 13.5. The van der Waals surface area contributed by atoms with Crippen LogP contribution in [0, 0.1) is 11.8 Å². The number of rotatable bonds is 4. The van der Waals surface area contributed by atoms with Crippen LogP contribution in [0.5, 0.6) is 0 Å². The fraction of sp³-hybridized carbons (Fsp3) is 1.00. The van der Waals surface area contributed by atoms with Crippen LogP contribution in [-0.4, -0.2) is 0 Å². The van der Waals surface area contributed by atoms with Gasteiger partial charge in [0.25, 0.3) is 0 Å². The standard InChI is InChI=1S/C8H18.C7H14.C2H6/c1-4-6-7-8(3)5-2;1-7-5-3-2-4-6-7;1-2/h8H,4-7H2,1-3H3;7H,2-6H2,1H3;1-2H3. The molecule has 0 aliphatic heterocycles. The molecule has 0 heterocycles. The second kappa shape index (κ2) is 16.0. The molecular formula is C17H38. The topological polar surface area (TPSA) is 0 Å². The molecule has 0 nitrogen and oxygen atoms in total. The molecule has 0 aromatic carbocycles. The minimum Gasteiger partial charge on any atom is -0.0683 e. The zero-order chi connectivity index (χ0) is 13.5. The van der Waals surface area contributed by atoms with Crippen molar-refractivity contribution in [2.24, 2.45) is 11.8 Å². The second-order valence-corrected chi connectivity index (χ2v) is 5.40. The van der Waals surface area contributed by atoms with Crippen molar-refractivity contribution in [1.82, 2.24) is 0 Å². The summed E-state index contributed by atoms with van der Waals surface area (Å²) in [7, 11) is 0. The molecule has 0 spiro atoms. The van der Waals surface area contributed by atoms with E-state index in [1.54, 1.807) is 0 Å². The largest absolute Gasteiger partial charge is 0.0683 e. The maximum atomic E-state index is 2.36. The SMILES string of the molecule is CC.CC1CCCCC1.CCCCC(C)CC. The lowest BCUT2D eigenvalue weighted by atomic mass is 9.91. The Hall–Kier alpha value is 0. The second-order valence-electron chi connectivity index (χ2n) is 5.40. The van der Waals surface area contributed by atoms with Crippen molar-refractivity contribution in [3.63, 3.8) is 0 Å². The molecule has 1 aliphatic rings. The van der Waals surface area contributed by atoms with Gasteiger partial charge in [0.05, 0.1) is 0 Å². The van der Waals surface area contributed by atoms with E-state index in [2.05, 4.69) is 27.7 Å². The average Bonchev–Trinajstić information content (AvgIpc) is 2.40. The molecule has 0 bridgehead atoms. The van der Waals surface area contributed by atoms with Gasteiger partial charge in [-0.3, -0.25) is 0 Å². The highest BCUT2D eigenvalue weighted by Crippen LogP contribution is 2.22. The number of hydrogen-bond donors (Lipinski definition) is 0. The van der Waals surface area contributed by atoms with Gasteiger partial charge < -0.3 is 0 Å². The van der Waals surface area contributed by atoms with Gasteiger partial charge >= 0.3 is 0 Å². The van der Waals surface area contributed by atoms with E-state index in [0.717, 1.165) is 11.8 Å². The maximum absolute atomic E-state index is 2.36. The molecule has 1 fully saturated rings. The summed E-state index contributed by atoms with van der Waals surface area (Å²) < 4.78 is 0. The van der Waals surface area contributed by atoms with Crippen LogP contribution >= 0.6 is 0 Å². The fourth-order valence-corrected chi connectivity index (χ4v) is 2.06. The lowest BCUT2D eigenvalue weighted by molar-refractivity contribution is 0.385. The summed E-state index contributed by atoms with van der Waals surface area (Å²) in [6, 6.07) is 0. The van der Waals surface area contributed by atoms with Crippen LogP contribution in [0.4, 0.5) is 0 Å². The highest BCUT2D eigenvalue weighted by atomic mass is 14.1. The van der Waals surface area contributed by atoms with Gasteiger partial charge in [-0.15, -0.1) is 0 Å². The van der Waals surface area contributed by atoms with E-state index >= 15 is 0 Å². The molecule has 1 unspecified atom stereocenters. The van der Waals surface area contributed by atoms with Gasteiger partial charge in [0.15, 0.2) is 0 Å². The monoisotopic (exact) mass is 242 g/mol. The quantitative estimate of drug-likeness (QED) is 0.506. The predicted molar refractivity (Wildman–Crippen MR) is 82.6 cm³/mol. The molecule has 0 amide bonds. The average molecular weight is 242 g/mol. The Morgan fingerprint density at radius 3 is 1.82 bits per heavy atom. The molecule has 0 aromatic heterocycles. The van der Waals surface area contributed by atoms with Gasteiger partial charge in [-0.2, -0.15) is 0 Å². The van der Waals surface area contributed by atoms with E-state index in [1.165, 1.54) is 57.8 Å². The summed E-state index contributed by atoms with van der Waals surface area (Å²) >= 11 is 0. The molecular weight excluding hydrogens is 204 g/mol. The summed E-state index contributed by atoms with van der Waals surface area (Å²) in [6.07, 6.45) is 13.0. The van der Waals surface area contributed by atoms with Crippen LogP contribution in [0.15, 0.2) is 0 Å². The Kier molecular flexibility index (Phi) is 18.2. The summed E-state index contributed by atoms with van der Waals surface area (Å²) in [6.45, 7) is 13.2. The molecule has 106 valence electrons. The minimum atomic E-state index is 0.954. The van der Waals surface area contributed by atoms with Crippen molar-refractivity contribution < 1.29 is 0 Å². The van der Waals surface area contributed by atoms with Gasteiger partial charge in [-0.05, 0) is 11.8 Å².